The number of ether oxygens (including phenoxy) is 3. The second-order valence-electron chi connectivity index (χ2n) is 8.82. The molecule has 5 rings (SSSR count). The molecular weight excluding hydrogens is 412 g/mol. The summed E-state index contributed by atoms with van der Waals surface area (Å²) in [6.45, 7) is 3.63. The Bertz CT molecular complexity index is 1090. The highest BCUT2D eigenvalue weighted by atomic mass is 16.6. The molecule has 0 bridgehead atoms. The molecule has 0 saturated heterocycles. The molecule has 0 radical (unpaired) electrons. The minimum atomic E-state index is -0.521. The Labute approximate surface area is 186 Å². The molecule has 1 atom stereocenters. The Morgan fingerprint density at radius 1 is 1.16 bits per heavy atom. The first-order chi connectivity index (χ1) is 15.4. The van der Waals surface area contributed by atoms with Crippen LogP contribution in [0.4, 0.5) is 5.69 Å². The first kappa shape index (κ1) is 20.6. The molecule has 32 heavy (non-hydrogen) atoms. The Morgan fingerprint density at radius 3 is 2.50 bits per heavy atom. The van der Waals surface area contributed by atoms with Gasteiger partial charge < -0.3 is 19.1 Å². The van der Waals surface area contributed by atoms with Gasteiger partial charge >= 0.3 is 5.69 Å². The highest BCUT2D eigenvalue weighted by Gasteiger charge is 2.46. The lowest BCUT2D eigenvalue weighted by Crippen LogP contribution is -2.48. The average molecular weight is 438 g/mol. The summed E-state index contributed by atoms with van der Waals surface area (Å²) in [5.74, 6) is 1.41. The monoisotopic (exact) mass is 438 g/mol. The summed E-state index contributed by atoms with van der Waals surface area (Å²) in [5.41, 5.74) is 2.26. The number of nitrogens with zero attached hydrogens (tertiary/aromatic N) is 2. The van der Waals surface area contributed by atoms with E-state index in [2.05, 4.69) is 6.07 Å². The molecule has 0 aromatic heterocycles. The van der Waals surface area contributed by atoms with Crippen molar-refractivity contribution in [2.45, 2.75) is 44.1 Å². The minimum absolute atomic E-state index is 0.133. The standard InChI is InChI=1S/C24H26N2O6/c1-15-17-12-21-22(32-10-9-31-21)13-18(17)24(7-3-4-8-24)14-25(15)23(27)16-5-6-20(30-2)19(11-16)26(28)29/h5-6,11-13,15H,3-4,7-10,14H2,1-2H3/t15-/m1/s1. The van der Waals surface area contributed by atoms with E-state index in [1.807, 2.05) is 17.9 Å². The largest absolute Gasteiger partial charge is 0.490 e. The van der Waals surface area contributed by atoms with Gasteiger partial charge in [-0.15, -0.1) is 0 Å². The minimum Gasteiger partial charge on any atom is -0.490 e. The number of methoxy groups -OCH3 is 1. The average Bonchev–Trinajstić information content (AvgIpc) is 3.29. The molecule has 1 saturated carbocycles. The fourth-order valence-corrected chi connectivity index (χ4v) is 5.48. The predicted molar refractivity (Wildman–Crippen MR) is 117 cm³/mol. The van der Waals surface area contributed by atoms with E-state index in [1.54, 1.807) is 6.07 Å². The predicted octanol–water partition coefficient (Wildman–Crippen LogP) is 4.40. The van der Waals surface area contributed by atoms with Gasteiger partial charge in [0, 0.05) is 23.6 Å². The lowest BCUT2D eigenvalue weighted by molar-refractivity contribution is -0.385. The van der Waals surface area contributed by atoms with E-state index in [0.717, 1.165) is 37.0 Å². The van der Waals surface area contributed by atoms with Gasteiger partial charge in [0.2, 0.25) is 0 Å². The summed E-state index contributed by atoms with van der Waals surface area (Å²) in [7, 11) is 1.38. The highest BCUT2D eigenvalue weighted by molar-refractivity contribution is 5.96. The summed E-state index contributed by atoms with van der Waals surface area (Å²) >= 11 is 0. The third kappa shape index (κ3) is 3.16. The molecule has 0 N–H and O–H groups in total. The van der Waals surface area contributed by atoms with Crippen LogP contribution in [0.25, 0.3) is 0 Å². The molecule has 8 heteroatoms. The lowest BCUT2D eigenvalue weighted by atomic mass is 9.71. The molecule has 1 spiro atoms. The molecular formula is C24H26N2O6. The normalized spacial score (nSPS) is 20.7. The van der Waals surface area contributed by atoms with Crippen LogP contribution in [0.1, 0.15) is 60.1 Å². The van der Waals surface area contributed by atoms with Gasteiger partial charge in [-0.1, -0.05) is 12.8 Å². The number of rotatable bonds is 3. The summed E-state index contributed by atoms with van der Waals surface area (Å²) < 4.78 is 16.8. The fraction of sp³-hybridized carbons (Fsp3) is 0.458. The Kier molecular flexibility index (Phi) is 4.95. The van der Waals surface area contributed by atoms with Crippen LogP contribution in [0, 0.1) is 10.1 Å². The highest BCUT2D eigenvalue weighted by Crippen LogP contribution is 2.52. The van der Waals surface area contributed by atoms with E-state index in [0.29, 0.717) is 31.1 Å². The number of carbonyl (C=O) groups is 1. The second kappa shape index (κ2) is 7.69. The van der Waals surface area contributed by atoms with E-state index in [1.165, 1.54) is 24.8 Å². The van der Waals surface area contributed by atoms with Crippen LogP contribution < -0.4 is 14.2 Å². The van der Waals surface area contributed by atoms with E-state index >= 15 is 0 Å². The first-order valence-corrected chi connectivity index (χ1v) is 11.0. The van der Waals surface area contributed by atoms with Gasteiger partial charge in [-0.05, 0) is 55.2 Å². The van der Waals surface area contributed by atoms with Crippen molar-refractivity contribution >= 4 is 11.6 Å². The molecule has 0 unspecified atom stereocenters. The van der Waals surface area contributed by atoms with Crippen molar-refractivity contribution in [3.05, 3.63) is 57.1 Å². The van der Waals surface area contributed by atoms with Crippen LogP contribution in [0.2, 0.25) is 0 Å². The second-order valence-corrected chi connectivity index (χ2v) is 8.82. The zero-order chi connectivity index (χ0) is 22.5. The Balaban J connectivity index is 1.57. The van der Waals surface area contributed by atoms with E-state index < -0.39 is 4.92 Å². The smallest absolute Gasteiger partial charge is 0.311 e. The van der Waals surface area contributed by atoms with Gasteiger partial charge in [0.15, 0.2) is 17.2 Å². The summed E-state index contributed by atoms with van der Waals surface area (Å²) in [5, 5.41) is 11.5. The fourth-order valence-electron chi connectivity index (χ4n) is 5.48. The van der Waals surface area contributed by atoms with E-state index in [4.69, 9.17) is 14.2 Å². The van der Waals surface area contributed by atoms with Crippen LogP contribution in [0.3, 0.4) is 0 Å². The zero-order valence-electron chi connectivity index (χ0n) is 18.3. The van der Waals surface area contributed by atoms with Gasteiger partial charge in [-0.25, -0.2) is 0 Å². The first-order valence-electron chi connectivity index (χ1n) is 11.0. The molecule has 3 aliphatic rings. The molecule has 2 heterocycles. The molecule has 2 aromatic carbocycles. The molecule has 1 aliphatic carbocycles. The quantitative estimate of drug-likeness (QED) is 0.521. The van der Waals surface area contributed by atoms with Gasteiger partial charge in [-0.3, -0.25) is 14.9 Å². The van der Waals surface area contributed by atoms with Crippen molar-refractivity contribution in [1.29, 1.82) is 0 Å². The molecule has 2 aliphatic heterocycles. The maximum absolute atomic E-state index is 13.6. The van der Waals surface area contributed by atoms with Gasteiger partial charge in [0.05, 0.1) is 18.1 Å². The Hall–Kier alpha value is -3.29. The van der Waals surface area contributed by atoms with Crippen LogP contribution >= 0.6 is 0 Å². The van der Waals surface area contributed by atoms with E-state index in [-0.39, 0.29) is 28.8 Å². The van der Waals surface area contributed by atoms with Crippen LogP contribution in [0.5, 0.6) is 17.2 Å². The summed E-state index contributed by atoms with van der Waals surface area (Å²) in [4.78, 5) is 26.4. The number of carbonyl (C=O) groups excluding carboxylic acids is 1. The number of nitro benzene ring substituents is 1. The number of amides is 1. The summed E-state index contributed by atoms with van der Waals surface area (Å²) in [6, 6.07) is 8.34. The topological polar surface area (TPSA) is 91.1 Å². The number of benzene rings is 2. The maximum atomic E-state index is 13.6. The molecule has 1 fully saturated rings. The lowest BCUT2D eigenvalue weighted by Gasteiger charge is -2.46. The van der Waals surface area contributed by atoms with Crippen LogP contribution in [-0.4, -0.2) is 42.6 Å². The van der Waals surface area contributed by atoms with Crippen molar-refractivity contribution in [2.24, 2.45) is 0 Å². The molecule has 168 valence electrons. The van der Waals surface area contributed by atoms with Gasteiger partial charge in [0.1, 0.15) is 13.2 Å². The molecule has 1 amide bonds. The van der Waals surface area contributed by atoms with Crippen LogP contribution in [0.15, 0.2) is 30.3 Å². The van der Waals surface area contributed by atoms with Gasteiger partial charge in [0.25, 0.3) is 5.91 Å². The molecule has 2 aromatic rings. The number of fused-ring (bicyclic) bond motifs is 3. The maximum Gasteiger partial charge on any atom is 0.311 e. The van der Waals surface area contributed by atoms with Crippen molar-refractivity contribution in [2.75, 3.05) is 26.9 Å². The summed E-state index contributed by atoms with van der Waals surface area (Å²) in [6.07, 6.45) is 4.22. The van der Waals surface area contributed by atoms with Crippen molar-refractivity contribution in [3.8, 4) is 17.2 Å². The van der Waals surface area contributed by atoms with Crippen molar-refractivity contribution in [3.63, 3.8) is 0 Å². The van der Waals surface area contributed by atoms with E-state index in [9.17, 15) is 14.9 Å². The number of hydrogen-bond donors (Lipinski definition) is 0. The number of nitro groups is 1. The SMILES string of the molecule is COc1ccc(C(=O)N2CC3(CCCC3)c3cc4c(cc3[C@H]2C)OCCO4)cc1[N+](=O)[O-]. The zero-order valence-corrected chi connectivity index (χ0v) is 18.3. The van der Waals surface area contributed by atoms with Crippen LogP contribution in [-0.2, 0) is 5.41 Å². The number of hydrogen-bond acceptors (Lipinski definition) is 6. The third-order valence-electron chi connectivity index (χ3n) is 7.12. The third-order valence-corrected chi connectivity index (χ3v) is 7.12. The Morgan fingerprint density at radius 2 is 1.84 bits per heavy atom. The van der Waals surface area contributed by atoms with Crippen molar-refractivity contribution in [1.82, 2.24) is 4.90 Å². The molecule has 8 nitrogen and oxygen atoms in total. The van der Waals surface area contributed by atoms with Crippen molar-refractivity contribution < 1.29 is 23.9 Å². The van der Waals surface area contributed by atoms with Gasteiger partial charge in [-0.2, -0.15) is 0 Å².